The van der Waals surface area contributed by atoms with Crippen molar-refractivity contribution in [1.29, 1.82) is 0 Å². The molecule has 1 aliphatic carbocycles. The third-order valence-electron chi connectivity index (χ3n) is 2.57. The van der Waals surface area contributed by atoms with E-state index < -0.39 is 9.75 Å². The highest BCUT2D eigenvalue weighted by atomic mass is 35.5. The molecule has 1 amide bonds. The van der Waals surface area contributed by atoms with Gasteiger partial charge in [-0.2, -0.15) is 0 Å². The van der Waals surface area contributed by atoms with E-state index in [-0.39, 0.29) is 5.91 Å². The van der Waals surface area contributed by atoms with Gasteiger partial charge in [-0.3, -0.25) is 4.79 Å². The van der Waals surface area contributed by atoms with Crippen molar-refractivity contribution >= 4 is 29.1 Å². The maximum absolute atomic E-state index is 11.5. The molecule has 0 aromatic heterocycles. The molecule has 0 bridgehead atoms. The number of carbonyl (C=O) groups excluding carboxylic acids is 1. The van der Waals surface area contributed by atoms with Crippen molar-refractivity contribution in [3.05, 3.63) is 0 Å². The van der Waals surface area contributed by atoms with Crippen LogP contribution in [0.5, 0.6) is 0 Å². The van der Waals surface area contributed by atoms with Crippen molar-refractivity contribution in [3.63, 3.8) is 0 Å². The topological polar surface area (TPSA) is 29.1 Å². The second-order valence-electron chi connectivity index (χ2n) is 3.82. The van der Waals surface area contributed by atoms with Gasteiger partial charge in [0, 0.05) is 6.54 Å². The molecule has 0 aromatic carbocycles. The van der Waals surface area contributed by atoms with Gasteiger partial charge in [-0.15, -0.1) is 23.2 Å². The lowest BCUT2D eigenvalue weighted by atomic mass is 10.1. The smallest absolute Gasteiger partial charge is 0.229 e. The molecule has 0 spiro atoms. The first-order chi connectivity index (χ1) is 5.94. The Bertz CT molecular complexity index is 218. The maximum atomic E-state index is 11.5. The first-order valence-corrected chi connectivity index (χ1v) is 5.36. The predicted molar refractivity (Wildman–Crippen MR) is 55.1 cm³/mol. The molecule has 0 radical (unpaired) electrons. The van der Waals surface area contributed by atoms with Crippen LogP contribution in [-0.2, 0) is 4.79 Å². The molecule has 1 rings (SSSR count). The van der Waals surface area contributed by atoms with Gasteiger partial charge < -0.3 is 5.32 Å². The summed E-state index contributed by atoms with van der Waals surface area (Å²) >= 11 is 11.7. The minimum atomic E-state index is -0.844. The number of nitrogens with one attached hydrogen (secondary N) is 1. The van der Waals surface area contributed by atoms with Gasteiger partial charge in [-0.05, 0) is 19.8 Å². The summed E-state index contributed by atoms with van der Waals surface area (Å²) in [4.78, 5) is 11.5. The molecule has 4 heteroatoms. The minimum Gasteiger partial charge on any atom is -0.356 e. The Morgan fingerprint density at radius 1 is 1.54 bits per heavy atom. The summed E-state index contributed by atoms with van der Waals surface area (Å²) in [5.74, 6) is -0.0223. The second kappa shape index (κ2) is 3.66. The van der Waals surface area contributed by atoms with Crippen molar-refractivity contribution in [2.24, 2.45) is 5.41 Å². The summed E-state index contributed by atoms with van der Waals surface area (Å²) < 4.78 is -0.844. The van der Waals surface area contributed by atoms with Crippen LogP contribution in [-0.4, -0.2) is 16.8 Å². The molecule has 0 aromatic rings. The number of hydrogen-bond acceptors (Lipinski definition) is 1. The van der Waals surface area contributed by atoms with E-state index in [1.807, 2.05) is 0 Å². The monoisotopic (exact) mass is 223 g/mol. The molecule has 1 aliphatic rings. The van der Waals surface area contributed by atoms with E-state index in [0.717, 1.165) is 19.4 Å². The van der Waals surface area contributed by atoms with Crippen LogP contribution in [0.1, 0.15) is 33.1 Å². The SMILES string of the molecule is CCCCNC(=O)[C@]1(C)CC1(Cl)Cl. The van der Waals surface area contributed by atoms with E-state index in [2.05, 4.69) is 12.2 Å². The highest BCUT2D eigenvalue weighted by Gasteiger charge is 2.67. The van der Waals surface area contributed by atoms with Crippen molar-refractivity contribution in [1.82, 2.24) is 5.32 Å². The Kier molecular flexibility index (Phi) is 3.13. The molecule has 1 N–H and O–H groups in total. The molecule has 0 aliphatic heterocycles. The van der Waals surface area contributed by atoms with E-state index in [0.29, 0.717) is 6.42 Å². The molecule has 1 fully saturated rings. The largest absolute Gasteiger partial charge is 0.356 e. The number of unbranched alkanes of at least 4 members (excludes halogenated alkanes) is 1. The molecule has 76 valence electrons. The summed E-state index contributed by atoms with van der Waals surface area (Å²) in [6, 6.07) is 0. The highest BCUT2D eigenvalue weighted by Crippen LogP contribution is 2.63. The fourth-order valence-electron chi connectivity index (χ4n) is 1.22. The fraction of sp³-hybridized carbons (Fsp3) is 0.889. The first kappa shape index (κ1) is 11.1. The third kappa shape index (κ3) is 2.10. The van der Waals surface area contributed by atoms with Gasteiger partial charge in [0.2, 0.25) is 5.91 Å². The number of halogens is 2. The number of alkyl halides is 2. The van der Waals surface area contributed by atoms with Crippen LogP contribution >= 0.6 is 23.2 Å². The molecule has 1 saturated carbocycles. The van der Waals surface area contributed by atoms with Crippen LogP contribution in [0, 0.1) is 5.41 Å². The lowest BCUT2D eigenvalue weighted by Crippen LogP contribution is -2.33. The Hall–Kier alpha value is 0.0500. The lowest BCUT2D eigenvalue weighted by molar-refractivity contribution is -0.125. The van der Waals surface area contributed by atoms with Crippen LogP contribution in [0.15, 0.2) is 0 Å². The molecular weight excluding hydrogens is 209 g/mol. The fourth-order valence-corrected chi connectivity index (χ4v) is 1.93. The second-order valence-corrected chi connectivity index (χ2v) is 5.31. The summed E-state index contributed by atoms with van der Waals surface area (Å²) in [5, 5.41) is 2.83. The highest BCUT2D eigenvalue weighted by molar-refractivity contribution is 6.53. The van der Waals surface area contributed by atoms with Crippen LogP contribution in [0.3, 0.4) is 0 Å². The Labute approximate surface area is 89.0 Å². The summed E-state index contributed by atoms with van der Waals surface area (Å²) in [5.41, 5.74) is -0.566. The van der Waals surface area contributed by atoms with Gasteiger partial charge in [-0.25, -0.2) is 0 Å². The Balaban J connectivity index is 2.34. The summed E-state index contributed by atoms with van der Waals surface area (Å²) in [6.07, 6.45) is 2.63. The third-order valence-corrected chi connectivity index (χ3v) is 3.68. The number of carbonyl (C=O) groups is 1. The number of hydrogen-bond donors (Lipinski definition) is 1. The zero-order valence-corrected chi connectivity index (χ0v) is 9.50. The standard InChI is InChI=1S/C9H15Cl2NO/c1-3-4-5-12-7(13)8(2)6-9(8,10)11/h3-6H2,1-2H3,(H,12,13)/t8-/m0/s1. The maximum Gasteiger partial charge on any atom is 0.229 e. The normalized spacial score (nSPS) is 29.8. The summed E-state index contributed by atoms with van der Waals surface area (Å²) in [7, 11) is 0. The van der Waals surface area contributed by atoms with Crippen LogP contribution < -0.4 is 5.32 Å². The zero-order chi connectivity index (χ0) is 10.1. The quantitative estimate of drug-likeness (QED) is 0.576. The van der Waals surface area contributed by atoms with E-state index >= 15 is 0 Å². The van der Waals surface area contributed by atoms with Crippen LogP contribution in [0.4, 0.5) is 0 Å². The van der Waals surface area contributed by atoms with Crippen LogP contribution in [0.2, 0.25) is 0 Å². The summed E-state index contributed by atoms with van der Waals surface area (Å²) in [6.45, 7) is 4.60. The van der Waals surface area contributed by atoms with Gasteiger partial charge >= 0.3 is 0 Å². The zero-order valence-electron chi connectivity index (χ0n) is 7.99. The molecule has 13 heavy (non-hydrogen) atoms. The minimum absolute atomic E-state index is 0.0223. The average Bonchev–Trinajstić information content (AvgIpc) is 2.53. The van der Waals surface area contributed by atoms with E-state index in [9.17, 15) is 4.79 Å². The van der Waals surface area contributed by atoms with Gasteiger partial charge in [0.05, 0.1) is 5.41 Å². The molecule has 1 atom stereocenters. The molecular formula is C9H15Cl2NO. The van der Waals surface area contributed by atoms with Gasteiger partial charge in [0.25, 0.3) is 0 Å². The molecule has 0 saturated heterocycles. The first-order valence-electron chi connectivity index (χ1n) is 4.60. The van der Waals surface area contributed by atoms with Crippen molar-refractivity contribution < 1.29 is 4.79 Å². The average molecular weight is 224 g/mol. The number of amides is 1. The van der Waals surface area contributed by atoms with Crippen LogP contribution in [0.25, 0.3) is 0 Å². The van der Waals surface area contributed by atoms with Crippen molar-refractivity contribution in [2.45, 2.75) is 37.4 Å². The van der Waals surface area contributed by atoms with Gasteiger partial charge in [0.1, 0.15) is 4.33 Å². The van der Waals surface area contributed by atoms with E-state index in [4.69, 9.17) is 23.2 Å². The van der Waals surface area contributed by atoms with Gasteiger partial charge in [0.15, 0.2) is 0 Å². The lowest BCUT2D eigenvalue weighted by Gasteiger charge is -2.11. The van der Waals surface area contributed by atoms with E-state index in [1.54, 1.807) is 6.92 Å². The Morgan fingerprint density at radius 2 is 2.08 bits per heavy atom. The number of rotatable bonds is 4. The molecule has 2 nitrogen and oxygen atoms in total. The van der Waals surface area contributed by atoms with Crippen molar-refractivity contribution in [3.8, 4) is 0 Å². The molecule has 0 heterocycles. The van der Waals surface area contributed by atoms with E-state index in [1.165, 1.54) is 0 Å². The predicted octanol–water partition coefficient (Wildman–Crippen LogP) is 2.49. The van der Waals surface area contributed by atoms with Gasteiger partial charge in [-0.1, -0.05) is 13.3 Å². The van der Waals surface area contributed by atoms with Crippen molar-refractivity contribution in [2.75, 3.05) is 6.54 Å². The Morgan fingerprint density at radius 3 is 2.46 bits per heavy atom. The molecule has 0 unspecified atom stereocenters.